The number of nitrogens with zero attached hydrogens (tertiary/aromatic N) is 2. The molecule has 1 aromatic heterocycles. The van der Waals surface area contributed by atoms with Crippen molar-refractivity contribution in [3.63, 3.8) is 0 Å². The van der Waals surface area contributed by atoms with Gasteiger partial charge in [0.05, 0.1) is 24.3 Å². The van der Waals surface area contributed by atoms with Gasteiger partial charge in [0, 0.05) is 31.2 Å². The molecule has 1 aliphatic rings. The van der Waals surface area contributed by atoms with E-state index in [-0.39, 0.29) is 18.8 Å². The Kier molecular flexibility index (Phi) is 3.96. The SMILES string of the molecule is CC1CN(Cc2ccnc3ccccc23)CC(CO)O1. The number of hydrogen-bond acceptors (Lipinski definition) is 4. The summed E-state index contributed by atoms with van der Waals surface area (Å²) in [7, 11) is 0. The summed E-state index contributed by atoms with van der Waals surface area (Å²) >= 11 is 0. The van der Waals surface area contributed by atoms with E-state index in [1.165, 1.54) is 10.9 Å². The quantitative estimate of drug-likeness (QED) is 0.925. The first-order chi connectivity index (χ1) is 9.76. The Morgan fingerprint density at radius 1 is 1.30 bits per heavy atom. The minimum absolute atomic E-state index is 0.0770. The molecule has 0 amide bonds. The molecular formula is C16H20N2O2. The van der Waals surface area contributed by atoms with E-state index in [0.29, 0.717) is 0 Å². The third-order valence-corrected chi connectivity index (χ3v) is 3.74. The van der Waals surface area contributed by atoms with E-state index in [9.17, 15) is 5.11 Å². The Hall–Kier alpha value is -1.49. The normalized spacial score (nSPS) is 24.1. The van der Waals surface area contributed by atoms with Gasteiger partial charge >= 0.3 is 0 Å². The fourth-order valence-corrected chi connectivity index (χ4v) is 2.90. The molecule has 0 saturated carbocycles. The summed E-state index contributed by atoms with van der Waals surface area (Å²) in [5.41, 5.74) is 2.31. The molecule has 0 spiro atoms. The molecule has 0 aliphatic carbocycles. The predicted molar refractivity (Wildman–Crippen MR) is 78.4 cm³/mol. The van der Waals surface area contributed by atoms with Gasteiger partial charge in [-0.15, -0.1) is 0 Å². The van der Waals surface area contributed by atoms with Gasteiger partial charge in [-0.2, -0.15) is 0 Å². The van der Waals surface area contributed by atoms with Crippen LogP contribution in [-0.2, 0) is 11.3 Å². The van der Waals surface area contributed by atoms with E-state index >= 15 is 0 Å². The molecule has 106 valence electrons. The van der Waals surface area contributed by atoms with Crippen molar-refractivity contribution in [3.8, 4) is 0 Å². The molecule has 2 aromatic rings. The first kappa shape index (κ1) is 13.5. The van der Waals surface area contributed by atoms with Crippen LogP contribution in [0.1, 0.15) is 12.5 Å². The molecule has 1 aliphatic heterocycles. The van der Waals surface area contributed by atoms with Gasteiger partial charge in [-0.3, -0.25) is 9.88 Å². The van der Waals surface area contributed by atoms with E-state index in [2.05, 4.69) is 28.9 Å². The van der Waals surface area contributed by atoms with Crippen LogP contribution in [0.15, 0.2) is 36.5 Å². The number of aromatic nitrogens is 1. The zero-order chi connectivity index (χ0) is 13.9. The lowest BCUT2D eigenvalue weighted by Gasteiger charge is -2.36. The van der Waals surface area contributed by atoms with Crippen molar-refractivity contribution >= 4 is 10.9 Å². The van der Waals surface area contributed by atoms with Crippen molar-refractivity contribution in [2.75, 3.05) is 19.7 Å². The van der Waals surface area contributed by atoms with Gasteiger partial charge in [0.2, 0.25) is 0 Å². The van der Waals surface area contributed by atoms with Crippen molar-refractivity contribution < 1.29 is 9.84 Å². The molecule has 3 rings (SSSR count). The van der Waals surface area contributed by atoms with Crippen LogP contribution in [0.25, 0.3) is 10.9 Å². The second-order valence-electron chi connectivity index (χ2n) is 5.43. The number of aliphatic hydroxyl groups excluding tert-OH is 1. The number of pyridine rings is 1. The molecule has 2 atom stereocenters. The number of ether oxygens (including phenoxy) is 1. The molecular weight excluding hydrogens is 252 g/mol. The number of hydrogen-bond donors (Lipinski definition) is 1. The van der Waals surface area contributed by atoms with Crippen LogP contribution < -0.4 is 0 Å². The monoisotopic (exact) mass is 272 g/mol. The maximum absolute atomic E-state index is 9.30. The number of benzene rings is 1. The van der Waals surface area contributed by atoms with Crippen LogP contribution >= 0.6 is 0 Å². The van der Waals surface area contributed by atoms with Gasteiger partial charge < -0.3 is 9.84 Å². The van der Waals surface area contributed by atoms with Crippen molar-refractivity contribution in [1.82, 2.24) is 9.88 Å². The van der Waals surface area contributed by atoms with Gasteiger partial charge in [-0.05, 0) is 24.6 Å². The van der Waals surface area contributed by atoms with E-state index in [4.69, 9.17) is 4.74 Å². The smallest absolute Gasteiger partial charge is 0.0936 e. The number of morpholine rings is 1. The topological polar surface area (TPSA) is 45.6 Å². The van der Waals surface area contributed by atoms with Gasteiger partial charge in [0.15, 0.2) is 0 Å². The van der Waals surface area contributed by atoms with Crippen LogP contribution in [0.5, 0.6) is 0 Å². The summed E-state index contributed by atoms with van der Waals surface area (Å²) in [4.78, 5) is 6.74. The van der Waals surface area contributed by atoms with E-state index in [1.54, 1.807) is 0 Å². The molecule has 20 heavy (non-hydrogen) atoms. The third kappa shape index (κ3) is 2.82. The van der Waals surface area contributed by atoms with Crippen LogP contribution in [0, 0.1) is 0 Å². The maximum Gasteiger partial charge on any atom is 0.0936 e. The highest BCUT2D eigenvalue weighted by Crippen LogP contribution is 2.20. The van der Waals surface area contributed by atoms with E-state index in [1.807, 2.05) is 24.4 Å². The number of aliphatic hydroxyl groups is 1. The first-order valence-corrected chi connectivity index (χ1v) is 7.07. The summed E-state index contributed by atoms with van der Waals surface area (Å²) in [5.74, 6) is 0. The summed E-state index contributed by atoms with van der Waals surface area (Å²) < 4.78 is 5.69. The van der Waals surface area contributed by atoms with Gasteiger partial charge in [-0.25, -0.2) is 0 Å². The summed E-state index contributed by atoms with van der Waals surface area (Å²) in [5, 5.41) is 10.5. The molecule has 4 heteroatoms. The fraction of sp³-hybridized carbons (Fsp3) is 0.438. The van der Waals surface area contributed by atoms with Crippen LogP contribution in [0.3, 0.4) is 0 Å². The number of fused-ring (bicyclic) bond motifs is 1. The Labute approximate surface area is 119 Å². The lowest BCUT2D eigenvalue weighted by atomic mass is 10.1. The highest BCUT2D eigenvalue weighted by atomic mass is 16.5. The minimum atomic E-state index is -0.0770. The standard InChI is InChI=1S/C16H20N2O2/c1-12-8-18(10-14(11-19)20-12)9-13-6-7-17-16-5-3-2-4-15(13)16/h2-7,12,14,19H,8-11H2,1H3. The van der Waals surface area contributed by atoms with Crippen LogP contribution in [0.4, 0.5) is 0 Å². The fourth-order valence-electron chi connectivity index (χ4n) is 2.90. The third-order valence-electron chi connectivity index (χ3n) is 3.74. The highest BCUT2D eigenvalue weighted by molar-refractivity contribution is 5.81. The van der Waals surface area contributed by atoms with Crippen molar-refractivity contribution in [2.24, 2.45) is 0 Å². The van der Waals surface area contributed by atoms with Crippen molar-refractivity contribution in [2.45, 2.75) is 25.7 Å². The molecule has 1 aromatic carbocycles. The van der Waals surface area contributed by atoms with Gasteiger partial charge in [0.1, 0.15) is 0 Å². The van der Waals surface area contributed by atoms with E-state index in [0.717, 1.165) is 25.2 Å². The second kappa shape index (κ2) is 5.87. The van der Waals surface area contributed by atoms with E-state index < -0.39 is 0 Å². The molecule has 1 saturated heterocycles. The molecule has 1 N–H and O–H groups in total. The summed E-state index contributed by atoms with van der Waals surface area (Å²) in [6.07, 6.45) is 1.95. The second-order valence-corrected chi connectivity index (χ2v) is 5.43. The molecule has 0 radical (unpaired) electrons. The van der Waals surface area contributed by atoms with Crippen LogP contribution in [0.2, 0.25) is 0 Å². The Bertz CT molecular complexity index is 582. The predicted octanol–water partition coefficient (Wildman–Crippen LogP) is 1.82. The molecule has 0 bridgehead atoms. The Morgan fingerprint density at radius 2 is 2.15 bits per heavy atom. The summed E-state index contributed by atoms with van der Waals surface area (Å²) in [6, 6.07) is 10.3. The lowest BCUT2D eigenvalue weighted by Crippen LogP contribution is -2.47. The Morgan fingerprint density at radius 3 is 3.00 bits per heavy atom. The average molecular weight is 272 g/mol. The first-order valence-electron chi connectivity index (χ1n) is 7.07. The van der Waals surface area contributed by atoms with Gasteiger partial charge in [-0.1, -0.05) is 18.2 Å². The van der Waals surface area contributed by atoms with Crippen LogP contribution in [-0.4, -0.2) is 46.9 Å². The average Bonchev–Trinajstić information content (AvgIpc) is 2.47. The summed E-state index contributed by atoms with van der Waals surface area (Å²) in [6.45, 7) is 4.68. The molecule has 2 heterocycles. The zero-order valence-corrected chi connectivity index (χ0v) is 11.7. The number of para-hydroxylation sites is 1. The lowest BCUT2D eigenvalue weighted by molar-refractivity contribution is -0.0971. The highest BCUT2D eigenvalue weighted by Gasteiger charge is 2.24. The molecule has 1 fully saturated rings. The zero-order valence-electron chi connectivity index (χ0n) is 11.7. The van der Waals surface area contributed by atoms with Crippen molar-refractivity contribution in [1.29, 1.82) is 0 Å². The maximum atomic E-state index is 9.30. The Balaban J connectivity index is 1.82. The largest absolute Gasteiger partial charge is 0.394 e. The molecule has 4 nitrogen and oxygen atoms in total. The van der Waals surface area contributed by atoms with Gasteiger partial charge in [0.25, 0.3) is 0 Å². The number of rotatable bonds is 3. The minimum Gasteiger partial charge on any atom is -0.394 e. The molecule has 2 unspecified atom stereocenters. The van der Waals surface area contributed by atoms with Crippen molar-refractivity contribution in [3.05, 3.63) is 42.1 Å².